The second kappa shape index (κ2) is 12.4. The van der Waals surface area contributed by atoms with Gasteiger partial charge in [-0.25, -0.2) is 9.37 Å². The van der Waals surface area contributed by atoms with Crippen LogP contribution in [0.3, 0.4) is 0 Å². The van der Waals surface area contributed by atoms with Crippen molar-refractivity contribution < 1.29 is 17.6 Å². The molecule has 0 unspecified atom stereocenters. The van der Waals surface area contributed by atoms with Gasteiger partial charge in [-0.1, -0.05) is 60.3 Å². The van der Waals surface area contributed by atoms with Crippen LogP contribution < -0.4 is 5.56 Å². The number of alkyl halides is 3. The number of fused-ring (bicyclic) bond motifs is 1. The second-order valence-electron chi connectivity index (χ2n) is 10.8. The Labute approximate surface area is 256 Å². The maximum atomic E-state index is 13.4. The van der Waals surface area contributed by atoms with Crippen molar-refractivity contribution in [3.8, 4) is 11.1 Å². The molecule has 6 rings (SSSR count). The highest BCUT2D eigenvalue weighted by Crippen LogP contribution is 2.31. The van der Waals surface area contributed by atoms with E-state index in [1.165, 1.54) is 36.0 Å². The average Bonchev–Trinajstić information content (AvgIpc) is 3.66. The second-order valence-corrected chi connectivity index (χ2v) is 11.8. The van der Waals surface area contributed by atoms with Crippen molar-refractivity contribution in [3.63, 3.8) is 0 Å². The van der Waals surface area contributed by atoms with Gasteiger partial charge in [-0.3, -0.25) is 4.79 Å². The van der Waals surface area contributed by atoms with Crippen LogP contribution in [0.2, 0.25) is 0 Å². The largest absolute Gasteiger partial charge is 0.416 e. The number of rotatable bonds is 9. The van der Waals surface area contributed by atoms with E-state index in [0.29, 0.717) is 30.4 Å². The predicted octanol–water partition coefficient (Wildman–Crippen LogP) is 7.70. The molecule has 0 fully saturated rings. The van der Waals surface area contributed by atoms with Gasteiger partial charge in [0.1, 0.15) is 11.6 Å². The Kier molecular flexibility index (Phi) is 8.44. The molecular weight excluding hydrogens is 588 g/mol. The van der Waals surface area contributed by atoms with Crippen molar-refractivity contribution in [2.45, 2.75) is 62.8 Å². The van der Waals surface area contributed by atoms with Crippen molar-refractivity contribution in [1.82, 2.24) is 19.1 Å². The highest BCUT2D eigenvalue weighted by atomic mass is 32.2. The van der Waals surface area contributed by atoms with Crippen LogP contribution in [-0.4, -0.2) is 19.1 Å². The van der Waals surface area contributed by atoms with Gasteiger partial charge in [0.25, 0.3) is 5.56 Å². The molecule has 0 spiro atoms. The zero-order valence-corrected chi connectivity index (χ0v) is 24.9. The molecule has 3 aromatic carbocycles. The highest BCUT2D eigenvalue weighted by Gasteiger charge is 2.30. The van der Waals surface area contributed by atoms with Crippen LogP contribution in [0, 0.1) is 5.82 Å². The Morgan fingerprint density at radius 3 is 2.18 bits per heavy atom. The maximum absolute atomic E-state index is 13.4. The van der Waals surface area contributed by atoms with Crippen LogP contribution in [0.1, 0.15) is 52.8 Å². The van der Waals surface area contributed by atoms with Crippen LogP contribution >= 0.6 is 11.8 Å². The molecule has 0 saturated carbocycles. The smallest absolute Gasteiger partial charge is 0.330 e. The Bertz CT molecular complexity index is 1830. The van der Waals surface area contributed by atoms with Crippen LogP contribution in [0.5, 0.6) is 0 Å². The summed E-state index contributed by atoms with van der Waals surface area (Å²) in [6.07, 6.45) is 0.601. The lowest BCUT2D eigenvalue weighted by Crippen LogP contribution is -2.23. The Morgan fingerprint density at radius 2 is 1.52 bits per heavy atom. The van der Waals surface area contributed by atoms with Crippen LogP contribution in [0.4, 0.5) is 17.6 Å². The van der Waals surface area contributed by atoms with Crippen molar-refractivity contribution in [3.05, 3.63) is 135 Å². The molecule has 1 aliphatic carbocycles. The SMILES string of the molecule is CCn1c(Cc2ccc(-c3ccc(C(F)(F)F)cc3)cc2)cnc1Cn1c(SCc2ccc(F)cc2)nc(=O)c2c1CCC2. The van der Waals surface area contributed by atoms with Crippen molar-refractivity contribution >= 4 is 11.8 Å². The summed E-state index contributed by atoms with van der Waals surface area (Å²) in [4.78, 5) is 22.1. The number of hydrogen-bond donors (Lipinski definition) is 0. The van der Waals surface area contributed by atoms with Crippen molar-refractivity contribution in [2.24, 2.45) is 0 Å². The van der Waals surface area contributed by atoms with E-state index in [2.05, 4.69) is 21.0 Å². The standard InChI is InChI=1S/C34H30F4N4OS/c1-2-41-28(18-22-6-10-24(11-7-22)25-12-14-26(15-13-25)34(36,37)38)19-39-31(41)20-42-30-5-3-4-29(30)32(43)40-33(42)44-21-23-8-16-27(35)17-9-23/h6-17,19H,2-5,18,20-21H2,1H3. The average molecular weight is 619 g/mol. The third-order valence-electron chi connectivity index (χ3n) is 8.00. The molecule has 2 heterocycles. The maximum Gasteiger partial charge on any atom is 0.416 e. The van der Waals surface area contributed by atoms with Gasteiger partial charge in [0.15, 0.2) is 5.16 Å². The molecule has 0 aliphatic heterocycles. The summed E-state index contributed by atoms with van der Waals surface area (Å²) in [7, 11) is 0. The number of aromatic nitrogens is 4. The topological polar surface area (TPSA) is 52.7 Å². The van der Waals surface area contributed by atoms with Crippen LogP contribution in [-0.2, 0) is 44.3 Å². The first-order valence-corrected chi connectivity index (χ1v) is 15.5. The molecule has 0 atom stereocenters. The van der Waals surface area contributed by atoms with Gasteiger partial charge in [-0.15, -0.1) is 0 Å². The predicted molar refractivity (Wildman–Crippen MR) is 163 cm³/mol. The molecule has 226 valence electrons. The van der Waals surface area contributed by atoms with Crippen molar-refractivity contribution in [2.75, 3.05) is 0 Å². The Hall–Kier alpha value is -4.18. The summed E-state index contributed by atoms with van der Waals surface area (Å²) < 4.78 is 56.5. The lowest BCUT2D eigenvalue weighted by Gasteiger charge is -2.18. The monoisotopic (exact) mass is 618 g/mol. The number of benzene rings is 3. The van der Waals surface area contributed by atoms with E-state index in [1.54, 1.807) is 12.1 Å². The number of thioether (sulfide) groups is 1. The molecule has 44 heavy (non-hydrogen) atoms. The van der Waals surface area contributed by atoms with Gasteiger partial charge in [-0.2, -0.15) is 18.2 Å². The first kappa shape index (κ1) is 29.9. The molecule has 0 amide bonds. The molecule has 10 heteroatoms. The van der Waals surface area contributed by atoms with E-state index in [4.69, 9.17) is 4.98 Å². The zero-order chi connectivity index (χ0) is 30.8. The number of hydrogen-bond acceptors (Lipinski definition) is 4. The normalized spacial score (nSPS) is 12.9. The molecule has 0 bridgehead atoms. The van der Waals surface area contributed by atoms with Gasteiger partial charge in [0.2, 0.25) is 0 Å². The van der Waals surface area contributed by atoms with E-state index in [-0.39, 0.29) is 11.4 Å². The molecule has 0 saturated heterocycles. The summed E-state index contributed by atoms with van der Waals surface area (Å²) in [6, 6.07) is 19.4. The summed E-state index contributed by atoms with van der Waals surface area (Å²) in [5.41, 5.74) is 5.56. The molecule has 5 nitrogen and oxygen atoms in total. The molecule has 5 aromatic rings. The minimum absolute atomic E-state index is 0.172. The minimum atomic E-state index is -4.36. The Morgan fingerprint density at radius 1 is 0.864 bits per heavy atom. The fourth-order valence-corrected chi connectivity index (χ4v) is 6.68. The molecule has 1 aliphatic rings. The summed E-state index contributed by atoms with van der Waals surface area (Å²) in [5.74, 6) is 1.14. The van der Waals surface area contributed by atoms with Gasteiger partial charge >= 0.3 is 6.18 Å². The third-order valence-corrected chi connectivity index (χ3v) is 9.05. The van der Waals surface area contributed by atoms with Gasteiger partial charge in [0.05, 0.1) is 12.1 Å². The van der Waals surface area contributed by atoms with Crippen molar-refractivity contribution in [1.29, 1.82) is 0 Å². The quantitative estimate of drug-likeness (QED) is 0.0965. The molecule has 0 radical (unpaired) electrons. The summed E-state index contributed by atoms with van der Waals surface area (Å²) in [6.45, 7) is 3.25. The molecular formula is C34H30F4N4OS. The van der Waals surface area contributed by atoms with E-state index in [0.717, 1.165) is 76.4 Å². The van der Waals surface area contributed by atoms with Gasteiger partial charge in [0, 0.05) is 41.9 Å². The minimum Gasteiger partial charge on any atom is -0.330 e. The summed E-state index contributed by atoms with van der Waals surface area (Å²) >= 11 is 1.47. The highest BCUT2D eigenvalue weighted by molar-refractivity contribution is 7.98. The lowest BCUT2D eigenvalue weighted by molar-refractivity contribution is -0.137. The first-order valence-electron chi connectivity index (χ1n) is 14.5. The van der Waals surface area contributed by atoms with Gasteiger partial charge < -0.3 is 9.13 Å². The number of halogens is 4. The molecule has 2 aromatic heterocycles. The van der Waals surface area contributed by atoms with E-state index in [9.17, 15) is 22.4 Å². The summed E-state index contributed by atoms with van der Waals surface area (Å²) in [5, 5.41) is 0.631. The zero-order valence-electron chi connectivity index (χ0n) is 24.1. The van der Waals surface area contributed by atoms with E-state index >= 15 is 0 Å². The lowest BCUT2D eigenvalue weighted by atomic mass is 10.0. The molecule has 0 N–H and O–H groups in total. The third kappa shape index (κ3) is 6.36. The fraction of sp³-hybridized carbons (Fsp3) is 0.265. The fourth-order valence-electron chi connectivity index (χ4n) is 5.71. The number of nitrogens with zero attached hydrogens (tertiary/aromatic N) is 4. The van der Waals surface area contributed by atoms with E-state index in [1.807, 2.05) is 30.5 Å². The van der Waals surface area contributed by atoms with Crippen LogP contribution in [0.15, 0.2) is 88.9 Å². The van der Waals surface area contributed by atoms with Gasteiger partial charge in [-0.05, 0) is 72.7 Å². The first-order chi connectivity index (χ1) is 21.2. The van der Waals surface area contributed by atoms with Crippen LogP contribution in [0.25, 0.3) is 11.1 Å². The Balaban J connectivity index is 1.22. The number of imidazole rings is 1. The van der Waals surface area contributed by atoms with E-state index < -0.39 is 11.7 Å².